The maximum atomic E-state index is 13.0. The van der Waals surface area contributed by atoms with E-state index in [2.05, 4.69) is 24.7 Å². The van der Waals surface area contributed by atoms with E-state index in [-0.39, 0.29) is 36.1 Å². The molecule has 28 heavy (non-hydrogen) atoms. The fourth-order valence-electron chi connectivity index (χ4n) is 3.21. The summed E-state index contributed by atoms with van der Waals surface area (Å²) in [5.74, 6) is -0.172. The number of hydrazine groups is 1. The van der Waals surface area contributed by atoms with Crippen LogP contribution in [0.25, 0.3) is 0 Å². The van der Waals surface area contributed by atoms with Gasteiger partial charge in [0, 0.05) is 5.92 Å². The number of ether oxygens (including phenoxy) is 1. The number of benzene rings is 2. The molecular formula is C22H25FN2O3. The van der Waals surface area contributed by atoms with E-state index in [4.69, 9.17) is 4.74 Å². The summed E-state index contributed by atoms with van der Waals surface area (Å²) in [6.07, 6.45) is 0.685. The van der Waals surface area contributed by atoms with Gasteiger partial charge in [-0.25, -0.2) is 4.39 Å². The smallest absolute Gasteiger partial charge is 0.276 e. The number of nitrogens with one attached hydrogen (secondary N) is 2. The summed E-state index contributed by atoms with van der Waals surface area (Å²) in [5.41, 5.74) is 7.85. The fraction of sp³-hybridized carbons (Fsp3) is 0.364. The second-order valence-electron chi connectivity index (χ2n) is 7.52. The van der Waals surface area contributed by atoms with Crippen LogP contribution in [0, 0.1) is 18.7 Å². The van der Waals surface area contributed by atoms with Gasteiger partial charge in [-0.3, -0.25) is 20.4 Å². The maximum Gasteiger partial charge on any atom is 0.276 e. The first kappa shape index (κ1) is 19.9. The summed E-state index contributed by atoms with van der Waals surface area (Å²) in [5, 5.41) is 0. The minimum atomic E-state index is -0.427. The third kappa shape index (κ3) is 4.88. The number of hydrogen-bond donors (Lipinski definition) is 2. The first-order chi connectivity index (χ1) is 13.3. The van der Waals surface area contributed by atoms with Gasteiger partial charge in [0.15, 0.2) is 6.61 Å². The largest absolute Gasteiger partial charge is 0.483 e. The van der Waals surface area contributed by atoms with Crippen molar-refractivity contribution >= 4 is 11.8 Å². The highest BCUT2D eigenvalue weighted by atomic mass is 19.1. The first-order valence-electron chi connectivity index (χ1n) is 9.42. The number of amides is 2. The summed E-state index contributed by atoms with van der Waals surface area (Å²) in [4.78, 5) is 24.2. The number of hydrogen-bond acceptors (Lipinski definition) is 3. The van der Waals surface area contributed by atoms with Crippen LogP contribution in [-0.2, 0) is 9.59 Å². The maximum absolute atomic E-state index is 13.0. The van der Waals surface area contributed by atoms with E-state index >= 15 is 0 Å². The highest BCUT2D eigenvalue weighted by Gasteiger charge is 2.44. The summed E-state index contributed by atoms with van der Waals surface area (Å²) >= 11 is 0. The standard InChI is InChI=1S/C22H25FN2O3/c1-13(2)17-9-4-14(3)10-20(17)28-12-21(26)24-25-22(27)19-11-18(19)15-5-7-16(23)8-6-15/h4-10,13,18-19H,11-12H2,1-3H3,(H,24,26)(H,25,27). The minimum absolute atomic E-state index is 0.0645. The van der Waals surface area contributed by atoms with Crippen molar-refractivity contribution in [1.29, 1.82) is 0 Å². The van der Waals surface area contributed by atoms with Crippen molar-refractivity contribution in [2.24, 2.45) is 5.92 Å². The predicted molar refractivity (Wildman–Crippen MR) is 104 cm³/mol. The molecule has 2 aromatic rings. The first-order valence-corrected chi connectivity index (χ1v) is 9.42. The van der Waals surface area contributed by atoms with Crippen molar-refractivity contribution in [2.75, 3.05) is 6.61 Å². The molecule has 1 fully saturated rings. The lowest BCUT2D eigenvalue weighted by atomic mass is 10.0. The van der Waals surface area contributed by atoms with Gasteiger partial charge in [0.25, 0.3) is 5.91 Å². The molecule has 3 rings (SSSR count). The van der Waals surface area contributed by atoms with E-state index in [1.54, 1.807) is 12.1 Å². The molecule has 1 aliphatic rings. The normalized spacial score (nSPS) is 17.9. The van der Waals surface area contributed by atoms with E-state index in [1.807, 2.05) is 25.1 Å². The van der Waals surface area contributed by atoms with Crippen LogP contribution in [0.15, 0.2) is 42.5 Å². The zero-order valence-corrected chi connectivity index (χ0v) is 16.3. The van der Waals surface area contributed by atoms with Gasteiger partial charge in [-0.05, 0) is 60.1 Å². The van der Waals surface area contributed by atoms with Gasteiger partial charge >= 0.3 is 0 Å². The lowest BCUT2D eigenvalue weighted by Crippen LogP contribution is -2.44. The van der Waals surface area contributed by atoms with Crippen LogP contribution >= 0.6 is 0 Å². The summed E-state index contributed by atoms with van der Waals surface area (Å²) < 4.78 is 18.6. The zero-order chi connectivity index (χ0) is 20.3. The predicted octanol–water partition coefficient (Wildman–Crippen LogP) is 3.59. The van der Waals surface area contributed by atoms with E-state index < -0.39 is 5.91 Å². The van der Waals surface area contributed by atoms with Gasteiger partial charge in [-0.2, -0.15) is 0 Å². The average molecular weight is 384 g/mol. The van der Waals surface area contributed by atoms with Gasteiger partial charge < -0.3 is 4.74 Å². The monoisotopic (exact) mass is 384 g/mol. The van der Waals surface area contributed by atoms with E-state index in [1.165, 1.54) is 12.1 Å². The number of carbonyl (C=O) groups is 2. The van der Waals surface area contributed by atoms with Gasteiger partial charge in [0.05, 0.1) is 0 Å². The Labute approximate surface area is 164 Å². The molecule has 6 heteroatoms. The molecule has 2 aromatic carbocycles. The third-order valence-corrected chi connectivity index (χ3v) is 4.90. The topological polar surface area (TPSA) is 67.4 Å². The molecule has 0 aromatic heterocycles. The van der Waals surface area contributed by atoms with Crippen molar-refractivity contribution in [1.82, 2.24) is 10.9 Å². The van der Waals surface area contributed by atoms with Crippen LogP contribution in [0.4, 0.5) is 4.39 Å². The fourth-order valence-corrected chi connectivity index (χ4v) is 3.21. The Bertz CT molecular complexity index is 865. The number of rotatable bonds is 6. The van der Waals surface area contributed by atoms with Crippen LogP contribution in [0.5, 0.6) is 5.75 Å². The highest BCUT2D eigenvalue weighted by Crippen LogP contribution is 2.47. The zero-order valence-electron chi connectivity index (χ0n) is 16.3. The molecule has 0 saturated heterocycles. The quantitative estimate of drug-likeness (QED) is 0.748. The Morgan fingerprint density at radius 1 is 1.14 bits per heavy atom. The second-order valence-corrected chi connectivity index (χ2v) is 7.52. The van der Waals surface area contributed by atoms with Crippen molar-refractivity contribution in [3.63, 3.8) is 0 Å². The molecule has 2 unspecified atom stereocenters. The molecule has 0 radical (unpaired) electrons. The van der Waals surface area contributed by atoms with Crippen LogP contribution in [0.3, 0.4) is 0 Å². The Balaban J connectivity index is 1.46. The molecule has 1 aliphatic carbocycles. The summed E-state index contributed by atoms with van der Waals surface area (Å²) in [6.45, 7) is 5.90. The van der Waals surface area contributed by atoms with E-state index in [0.29, 0.717) is 12.2 Å². The second kappa shape index (κ2) is 8.42. The van der Waals surface area contributed by atoms with Crippen LogP contribution in [0.1, 0.15) is 48.8 Å². The van der Waals surface area contributed by atoms with Gasteiger partial charge in [0.2, 0.25) is 5.91 Å². The number of halogens is 1. The van der Waals surface area contributed by atoms with Gasteiger partial charge in [0.1, 0.15) is 11.6 Å². The van der Waals surface area contributed by atoms with Crippen molar-refractivity contribution in [2.45, 2.75) is 39.0 Å². The lowest BCUT2D eigenvalue weighted by molar-refractivity contribution is -0.130. The Hall–Kier alpha value is -2.89. The van der Waals surface area contributed by atoms with Gasteiger partial charge in [-0.15, -0.1) is 0 Å². The lowest BCUT2D eigenvalue weighted by Gasteiger charge is -2.15. The van der Waals surface area contributed by atoms with Crippen LogP contribution in [0.2, 0.25) is 0 Å². The Morgan fingerprint density at radius 2 is 1.86 bits per heavy atom. The molecule has 0 aliphatic heterocycles. The molecule has 2 amide bonds. The average Bonchev–Trinajstić information content (AvgIpc) is 3.45. The van der Waals surface area contributed by atoms with E-state index in [9.17, 15) is 14.0 Å². The molecule has 5 nitrogen and oxygen atoms in total. The van der Waals surface area contributed by atoms with Gasteiger partial charge in [-0.1, -0.05) is 38.1 Å². The van der Waals surface area contributed by atoms with Crippen LogP contribution < -0.4 is 15.6 Å². The molecule has 0 bridgehead atoms. The van der Waals surface area contributed by atoms with Crippen molar-refractivity contribution in [3.05, 3.63) is 65.0 Å². The van der Waals surface area contributed by atoms with E-state index in [0.717, 1.165) is 16.7 Å². The summed E-state index contributed by atoms with van der Waals surface area (Å²) in [7, 11) is 0. The SMILES string of the molecule is Cc1ccc(C(C)C)c(OCC(=O)NNC(=O)C2CC2c2ccc(F)cc2)c1. The summed E-state index contributed by atoms with van der Waals surface area (Å²) in [6, 6.07) is 12.1. The molecule has 0 spiro atoms. The highest BCUT2D eigenvalue weighted by molar-refractivity contribution is 5.86. The van der Waals surface area contributed by atoms with Crippen molar-refractivity contribution < 1.29 is 18.7 Å². The molecule has 2 atom stereocenters. The number of carbonyl (C=O) groups excluding carboxylic acids is 2. The van der Waals surface area contributed by atoms with Crippen LogP contribution in [-0.4, -0.2) is 18.4 Å². The molecule has 2 N–H and O–H groups in total. The number of aryl methyl sites for hydroxylation is 1. The molecular weight excluding hydrogens is 359 g/mol. The minimum Gasteiger partial charge on any atom is -0.483 e. The molecule has 1 saturated carbocycles. The Kier molecular flexibility index (Phi) is 5.97. The molecule has 148 valence electrons. The third-order valence-electron chi connectivity index (χ3n) is 4.90. The Morgan fingerprint density at radius 3 is 2.54 bits per heavy atom. The van der Waals surface area contributed by atoms with Crippen molar-refractivity contribution in [3.8, 4) is 5.75 Å². The molecule has 0 heterocycles.